The van der Waals surface area contributed by atoms with Gasteiger partial charge in [-0.15, -0.1) is 0 Å². The van der Waals surface area contributed by atoms with Crippen molar-refractivity contribution in [2.24, 2.45) is 0 Å². The molecule has 0 bridgehead atoms. The van der Waals surface area contributed by atoms with Crippen molar-refractivity contribution in [3.63, 3.8) is 0 Å². The summed E-state index contributed by atoms with van der Waals surface area (Å²) in [7, 11) is 4.86. The molecule has 0 aromatic heterocycles. The van der Waals surface area contributed by atoms with Gasteiger partial charge in [0.15, 0.2) is 16.0 Å². The van der Waals surface area contributed by atoms with Gasteiger partial charge in [0.1, 0.15) is 0 Å². The first-order valence-electron chi connectivity index (χ1n) is 8.23. The van der Waals surface area contributed by atoms with Crippen molar-refractivity contribution in [3.8, 4) is 0 Å². The largest absolute Gasteiger partial charge is 0.341 e. The molecule has 2 saturated carbocycles. The third-order valence-electron chi connectivity index (χ3n) is 5.98. The lowest BCUT2D eigenvalue weighted by atomic mass is 9.81. The lowest BCUT2D eigenvalue weighted by Crippen LogP contribution is -2.66. The fraction of sp³-hybridized carbons (Fsp3) is 1.00. The zero-order valence-electron chi connectivity index (χ0n) is 12.3. The second-order valence-electron chi connectivity index (χ2n) is 6.88. The predicted octanol–water partition coefficient (Wildman–Crippen LogP) is 1.10. The van der Waals surface area contributed by atoms with Gasteiger partial charge < -0.3 is 9.62 Å². The third-order valence-corrected chi connectivity index (χ3v) is 5.98. The second-order valence-corrected chi connectivity index (χ2v) is 6.88. The lowest BCUT2D eigenvalue weighted by molar-refractivity contribution is 0.0284. The minimum Gasteiger partial charge on any atom is -0.341 e. The Labute approximate surface area is 114 Å². The minimum atomic E-state index is 0.844. The topological polar surface area (TPSA) is 6.48 Å². The van der Waals surface area contributed by atoms with E-state index >= 15 is 0 Å². The SMILES string of the molecule is BN1C2CCCCCC2N(B)C2CCCCCC21. The van der Waals surface area contributed by atoms with Crippen LogP contribution in [0, 0.1) is 0 Å². The lowest BCUT2D eigenvalue weighted by Gasteiger charge is -2.55. The molecule has 3 aliphatic rings. The predicted molar refractivity (Wildman–Crippen MR) is 82.1 cm³/mol. The normalized spacial score (nSPS) is 43.6. The maximum atomic E-state index is 2.80. The molecule has 3 rings (SSSR count). The number of fused-ring (bicyclic) bond motifs is 2. The minimum absolute atomic E-state index is 0.844. The van der Waals surface area contributed by atoms with Crippen LogP contribution in [0.3, 0.4) is 0 Å². The van der Waals surface area contributed by atoms with Gasteiger partial charge in [0.05, 0.1) is 0 Å². The van der Waals surface area contributed by atoms with E-state index in [1.165, 1.54) is 64.2 Å². The average molecular weight is 246 g/mol. The Bertz CT molecular complexity index is 235. The first-order chi connectivity index (χ1) is 8.79. The fourth-order valence-corrected chi connectivity index (χ4v) is 4.93. The Morgan fingerprint density at radius 2 is 0.778 bits per heavy atom. The summed E-state index contributed by atoms with van der Waals surface area (Å²) in [6.07, 6.45) is 14.5. The van der Waals surface area contributed by atoms with Crippen molar-refractivity contribution in [1.29, 1.82) is 0 Å². The van der Waals surface area contributed by atoms with Gasteiger partial charge in [-0.2, -0.15) is 0 Å². The first kappa shape index (κ1) is 13.1. The van der Waals surface area contributed by atoms with Crippen LogP contribution >= 0.6 is 0 Å². The van der Waals surface area contributed by atoms with Gasteiger partial charge in [-0.05, 0) is 25.7 Å². The van der Waals surface area contributed by atoms with Crippen molar-refractivity contribution in [3.05, 3.63) is 0 Å². The second kappa shape index (κ2) is 5.58. The molecule has 2 nitrogen and oxygen atoms in total. The van der Waals surface area contributed by atoms with Crippen molar-refractivity contribution >= 4 is 16.0 Å². The van der Waals surface area contributed by atoms with Gasteiger partial charge in [-0.1, -0.05) is 38.5 Å². The van der Waals surface area contributed by atoms with E-state index in [0.717, 1.165) is 24.2 Å². The number of hydrogen-bond donors (Lipinski definition) is 0. The highest BCUT2D eigenvalue weighted by atomic mass is 15.3. The molecule has 18 heavy (non-hydrogen) atoms. The Morgan fingerprint density at radius 3 is 1.06 bits per heavy atom. The van der Waals surface area contributed by atoms with Crippen molar-refractivity contribution in [2.45, 2.75) is 88.4 Å². The Hall–Kier alpha value is 0.0499. The van der Waals surface area contributed by atoms with E-state index < -0.39 is 0 Å². The summed E-state index contributed by atoms with van der Waals surface area (Å²) >= 11 is 0. The van der Waals surface area contributed by atoms with Gasteiger partial charge in [0, 0.05) is 24.2 Å². The van der Waals surface area contributed by atoms with Crippen LogP contribution in [0.2, 0.25) is 0 Å². The fourth-order valence-electron chi connectivity index (χ4n) is 4.93. The Balaban J connectivity index is 1.83. The molecule has 1 heterocycles. The van der Waals surface area contributed by atoms with E-state index in [1.807, 2.05) is 0 Å². The molecule has 1 aliphatic heterocycles. The molecule has 1 saturated heterocycles. The van der Waals surface area contributed by atoms with Gasteiger partial charge in [0.2, 0.25) is 0 Å². The standard InChI is InChI=1S/C14H28B2N2/c15-17-11-7-3-1-4-8-12(11)18(16)14-10-6-2-5-9-13(14)17/h11-14H,1-10,15-16H2. The molecule has 2 aliphatic carbocycles. The van der Waals surface area contributed by atoms with E-state index in [9.17, 15) is 0 Å². The summed E-state index contributed by atoms with van der Waals surface area (Å²) in [5.41, 5.74) is 0. The number of piperazine rings is 1. The quantitative estimate of drug-likeness (QED) is 0.590. The average Bonchev–Trinajstić information content (AvgIpc) is 2.76. The highest BCUT2D eigenvalue weighted by Crippen LogP contribution is 2.37. The molecule has 4 unspecified atom stereocenters. The molecule has 3 fully saturated rings. The van der Waals surface area contributed by atoms with Crippen LogP contribution in [0.1, 0.15) is 64.2 Å². The molecule has 0 aromatic rings. The summed E-state index contributed by atoms with van der Waals surface area (Å²) in [6, 6.07) is 3.38. The van der Waals surface area contributed by atoms with Gasteiger partial charge in [-0.3, -0.25) is 0 Å². The van der Waals surface area contributed by atoms with Crippen LogP contribution in [0.5, 0.6) is 0 Å². The monoisotopic (exact) mass is 246 g/mol. The summed E-state index contributed by atoms with van der Waals surface area (Å²) in [5, 5.41) is 0. The molecule has 100 valence electrons. The van der Waals surface area contributed by atoms with Crippen LogP contribution in [-0.2, 0) is 0 Å². The van der Waals surface area contributed by atoms with E-state index in [-0.39, 0.29) is 0 Å². The Morgan fingerprint density at radius 1 is 0.500 bits per heavy atom. The first-order valence-corrected chi connectivity index (χ1v) is 8.23. The van der Waals surface area contributed by atoms with E-state index in [2.05, 4.69) is 25.6 Å². The smallest absolute Gasteiger partial charge is 0.186 e. The van der Waals surface area contributed by atoms with Crippen LogP contribution in [0.15, 0.2) is 0 Å². The molecule has 0 amide bonds. The van der Waals surface area contributed by atoms with Gasteiger partial charge in [0.25, 0.3) is 0 Å². The zero-order chi connectivity index (χ0) is 12.5. The zero-order valence-corrected chi connectivity index (χ0v) is 12.3. The number of rotatable bonds is 0. The van der Waals surface area contributed by atoms with E-state index in [1.54, 1.807) is 0 Å². The molecule has 4 heteroatoms. The van der Waals surface area contributed by atoms with Crippen LogP contribution < -0.4 is 0 Å². The van der Waals surface area contributed by atoms with Gasteiger partial charge >= 0.3 is 0 Å². The highest BCUT2D eigenvalue weighted by Gasteiger charge is 2.43. The summed E-state index contributed by atoms with van der Waals surface area (Å²) in [4.78, 5) is 5.60. The van der Waals surface area contributed by atoms with E-state index in [0.29, 0.717) is 0 Å². The van der Waals surface area contributed by atoms with E-state index in [4.69, 9.17) is 0 Å². The molecule has 0 radical (unpaired) electrons. The molecule has 0 spiro atoms. The molecule has 0 aromatic carbocycles. The van der Waals surface area contributed by atoms with Crippen LogP contribution in [0.25, 0.3) is 0 Å². The highest BCUT2D eigenvalue weighted by molar-refractivity contribution is 6.07. The van der Waals surface area contributed by atoms with Crippen LogP contribution in [0.4, 0.5) is 0 Å². The van der Waals surface area contributed by atoms with Crippen molar-refractivity contribution < 1.29 is 0 Å². The molecule has 0 N–H and O–H groups in total. The summed E-state index contributed by atoms with van der Waals surface area (Å²) < 4.78 is 0. The maximum absolute atomic E-state index is 2.80. The summed E-state index contributed by atoms with van der Waals surface area (Å²) in [6.45, 7) is 0. The third kappa shape index (κ3) is 2.27. The van der Waals surface area contributed by atoms with Crippen molar-refractivity contribution in [1.82, 2.24) is 9.62 Å². The van der Waals surface area contributed by atoms with Crippen LogP contribution in [-0.4, -0.2) is 49.8 Å². The molecule has 4 atom stereocenters. The van der Waals surface area contributed by atoms with Crippen molar-refractivity contribution in [2.75, 3.05) is 0 Å². The molecular weight excluding hydrogens is 218 g/mol. The number of hydrogen-bond acceptors (Lipinski definition) is 2. The van der Waals surface area contributed by atoms with Gasteiger partial charge in [-0.25, -0.2) is 0 Å². The molecular formula is C14H28B2N2. The maximum Gasteiger partial charge on any atom is 0.186 e. The number of nitrogens with zero attached hydrogens (tertiary/aromatic N) is 2. The Kier molecular flexibility index (Phi) is 4.05. The summed E-state index contributed by atoms with van der Waals surface area (Å²) in [5.74, 6) is 0.